The summed E-state index contributed by atoms with van der Waals surface area (Å²) >= 11 is 0. The summed E-state index contributed by atoms with van der Waals surface area (Å²) < 4.78 is 1.70. The Morgan fingerprint density at radius 3 is 2.80 bits per heavy atom. The Hall–Kier alpha value is -1.39. The van der Waals surface area contributed by atoms with E-state index in [0.717, 1.165) is 12.2 Å². The molecule has 2 rings (SSSR count). The number of nitrogens with zero attached hydrogens (tertiary/aromatic N) is 3. The zero-order valence-electron chi connectivity index (χ0n) is 8.81. The zero-order chi connectivity index (χ0) is 10.8. The molecule has 1 aromatic heterocycles. The van der Waals surface area contributed by atoms with Gasteiger partial charge in [-0.2, -0.15) is 0 Å². The van der Waals surface area contributed by atoms with Crippen LogP contribution in [-0.4, -0.2) is 25.8 Å². The van der Waals surface area contributed by atoms with E-state index >= 15 is 0 Å². The highest BCUT2D eigenvalue weighted by Crippen LogP contribution is 2.29. The maximum atomic E-state index is 10.7. The number of carboxylic acids is 1. The van der Waals surface area contributed by atoms with Crippen LogP contribution in [0, 0.1) is 12.8 Å². The molecule has 0 saturated heterocycles. The summed E-state index contributed by atoms with van der Waals surface area (Å²) in [6, 6.07) is 0. The van der Waals surface area contributed by atoms with Gasteiger partial charge in [0.15, 0.2) is 0 Å². The second kappa shape index (κ2) is 4.00. The van der Waals surface area contributed by atoms with Crippen LogP contribution in [0.1, 0.15) is 30.9 Å². The quantitative estimate of drug-likeness (QED) is 0.803. The average molecular weight is 209 g/mol. The van der Waals surface area contributed by atoms with Crippen molar-refractivity contribution < 1.29 is 9.90 Å². The summed E-state index contributed by atoms with van der Waals surface area (Å²) in [6.07, 6.45) is 4.63. The van der Waals surface area contributed by atoms with E-state index in [-0.39, 0.29) is 6.54 Å². The molecule has 1 aliphatic rings. The molecule has 0 radical (unpaired) electrons. The van der Waals surface area contributed by atoms with Crippen molar-refractivity contribution in [1.29, 1.82) is 0 Å². The molecule has 0 unspecified atom stereocenters. The summed E-state index contributed by atoms with van der Waals surface area (Å²) in [5.41, 5.74) is 0. The van der Waals surface area contributed by atoms with E-state index in [1.54, 1.807) is 11.5 Å². The standard InChI is InChI=1S/C10H15N3O2/c1-7-11-12-9(5-8-3-2-4-8)13(7)6-10(14)15/h8H,2-6H2,1H3,(H,14,15). The predicted molar refractivity (Wildman–Crippen MR) is 53.4 cm³/mol. The van der Waals surface area contributed by atoms with E-state index in [4.69, 9.17) is 5.11 Å². The molecule has 82 valence electrons. The van der Waals surface area contributed by atoms with Gasteiger partial charge in [0.1, 0.15) is 18.2 Å². The number of carboxylic acid groups (broad SMARTS) is 1. The van der Waals surface area contributed by atoms with Gasteiger partial charge in [0.05, 0.1) is 0 Å². The smallest absolute Gasteiger partial charge is 0.323 e. The lowest BCUT2D eigenvalue weighted by molar-refractivity contribution is -0.137. The Bertz CT molecular complexity index is 369. The fourth-order valence-electron chi connectivity index (χ4n) is 1.87. The zero-order valence-corrected chi connectivity index (χ0v) is 8.81. The number of carbonyl (C=O) groups is 1. The molecule has 1 heterocycles. The van der Waals surface area contributed by atoms with E-state index in [0.29, 0.717) is 11.7 Å². The van der Waals surface area contributed by atoms with Crippen molar-refractivity contribution in [3.05, 3.63) is 11.6 Å². The van der Waals surface area contributed by atoms with Crippen molar-refractivity contribution in [1.82, 2.24) is 14.8 Å². The minimum atomic E-state index is -0.840. The maximum absolute atomic E-state index is 10.7. The van der Waals surface area contributed by atoms with Gasteiger partial charge in [-0.15, -0.1) is 10.2 Å². The summed E-state index contributed by atoms with van der Waals surface area (Å²) in [4.78, 5) is 10.7. The van der Waals surface area contributed by atoms with E-state index in [1.165, 1.54) is 19.3 Å². The fourth-order valence-corrected chi connectivity index (χ4v) is 1.87. The first-order valence-electron chi connectivity index (χ1n) is 5.27. The number of rotatable bonds is 4. The van der Waals surface area contributed by atoms with Crippen molar-refractivity contribution in [2.45, 2.75) is 39.2 Å². The largest absolute Gasteiger partial charge is 0.480 e. The summed E-state index contributed by atoms with van der Waals surface area (Å²) in [6.45, 7) is 1.76. The van der Waals surface area contributed by atoms with Gasteiger partial charge in [-0.05, 0) is 12.8 Å². The Morgan fingerprint density at radius 2 is 2.27 bits per heavy atom. The van der Waals surface area contributed by atoms with Crippen LogP contribution in [0.3, 0.4) is 0 Å². The molecule has 0 amide bonds. The molecule has 1 aromatic rings. The molecule has 5 nitrogen and oxygen atoms in total. The molecule has 1 aliphatic carbocycles. The molecule has 1 fully saturated rings. The highest BCUT2D eigenvalue weighted by Gasteiger charge is 2.21. The third kappa shape index (κ3) is 2.16. The van der Waals surface area contributed by atoms with Gasteiger partial charge in [0.25, 0.3) is 0 Å². The van der Waals surface area contributed by atoms with Crippen LogP contribution in [0.4, 0.5) is 0 Å². The molecule has 15 heavy (non-hydrogen) atoms. The Morgan fingerprint density at radius 1 is 1.53 bits per heavy atom. The minimum Gasteiger partial charge on any atom is -0.480 e. The highest BCUT2D eigenvalue weighted by atomic mass is 16.4. The van der Waals surface area contributed by atoms with Crippen LogP contribution in [0.15, 0.2) is 0 Å². The highest BCUT2D eigenvalue weighted by molar-refractivity contribution is 5.66. The van der Waals surface area contributed by atoms with Crippen LogP contribution < -0.4 is 0 Å². The van der Waals surface area contributed by atoms with Gasteiger partial charge in [-0.25, -0.2) is 0 Å². The molecule has 0 atom stereocenters. The molecule has 0 spiro atoms. The van der Waals surface area contributed by atoms with Crippen molar-refractivity contribution in [2.75, 3.05) is 0 Å². The topological polar surface area (TPSA) is 68.0 Å². The van der Waals surface area contributed by atoms with Crippen molar-refractivity contribution in [3.8, 4) is 0 Å². The molecular formula is C10H15N3O2. The van der Waals surface area contributed by atoms with Crippen LogP contribution in [-0.2, 0) is 17.8 Å². The van der Waals surface area contributed by atoms with Crippen LogP contribution in [0.5, 0.6) is 0 Å². The third-order valence-electron chi connectivity index (χ3n) is 3.00. The van der Waals surface area contributed by atoms with E-state index in [1.807, 2.05) is 0 Å². The molecule has 0 aromatic carbocycles. The fraction of sp³-hybridized carbons (Fsp3) is 0.700. The van der Waals surface area contributed by atoms with Crippen molar-refractivity contribution in [3.63, 3.8) is 0 Å². The predicted octanol–water partition coefficient (Wildman–Crippen LogP) is 1.01. The summed E-state index contributed by atoms with van der Waals surface area (Å²) in [7, 11) is 0. The van der Waals surface area contributed by atoms with Gasteiger partial charge in [0.2, 0.25) is 0 Å². The average Bonchev–Trinajstić information content (AvgIpc) is 2.41. The molecule has 0 aliphatic heterocycles. The molecule has 0 bridgehead atoms. The van der Waals surface area contributed by atoms with E-state index < -0.39 is 5.97 Å². The van der Waals surface area contributed by atoms with Crippen LogP contribution in [0.2, 0.25) is 0 Å². The Kier molecular flexibility index (Phi) is 2.70. The van der Waals surface area contributed by atoms with Gasteiger partial charge in [-0.1, -0.05) is 19.3 Å². The molecule has 1 N–H and O–H groups in total. The monoisotopic (exact) mass is 209 g/mol. The first kappa shape index (κ1) is 10.1. The molecule has 1 saturated carbocycles. The number of aliphatic carboxylic acids is 1. The SMILES string of the molecule is Cc1nnc(CC2CCC2)n1CC(=O)O. The minimum absolute atomic E-state index is 0.0269. The van der Waals surface area contributed by atoms with Crippen LogP contribution >= 0.6 is 0 Å². The van der Waals surface area contributed by atoms with Crippen molar-refractivity contribution >= 4 is 5.97 Å². The van der Waals surface area contributed by atoms with Crippen LogP contribution in [0.25, 0.3) is 0 Å². The molecule has 5 heteroatoms. The van der Waals surface area contributed by atoms with Gasteiger partial charge < -0.3 is 9.67 Å². The second-order valence-electron chi connectivity index (χ2n) is 4.14. The Labute approximate surface area is 88.1 Å². The lowest BCUT2D eigenvalue weighted by atomic mass is 9.83. The van der Waals surface area contributed by atoms with E-state index in [9.17, 15) is 4.79 Å². The first-order valence-corrected chi connectivity index (χ1v) is 5.27. The lowest BCUT2D eigenvalue weighted by Gasteiger charge is -2.24. The van der Waals surface area contributed by atoms with Gasteiger partial charge in [-0.3, -0.25) is 4.79 Å². The van der Waals surface area contributed by atoms with Gasteiger partial charge >= 0.3 is 5.97 Å². The first-order chi connectivity index (χ1) is 7.16. The van der Waals surface area contributed by atoms with E-state index in [2.05, 4.69) is 10.2 Å². The molecular weight excluding hydrogens is 194 g/mol. The van der Waals surface area contributed by atoms with Crippen molar-refractivity contribution in [2.24, 2.45) is 5.92 Å². The summed E-state index contributed by atoms with van der Waals surface area (Å²) in [5.74, 6) is 1.35. The number of aryl methyl sites for hydroxylation is 1. The Balaban J connectivity index is 2.11. The lowest BCUT2D eigenvalue weighted by Crippen LogP contribution is -2.19. The third-order valence-corrected chi connectivity index (χ3v) is 3.00. The number of hydrogen-bond donors (Lipinski definition) is 1. The number of aromatic nitrogens is 3. The number of hydrogen-bond acceptors (Lipinski definition) is 3. The normalized spacial score (nSPS) is 16.3. The summed E-state index contributed by atoms with van der Waals surface area (Å²) in [5, 5.41) is 16.7. The second-order valence-corrected chi connectivity index (χ2v) is 4.14. The van der Waals surface area contributed by atoms with Gasteiger partial charge in [0, 0.05) is 6.42 Å². The maximum Gasteiger partial charge on any atom is 0.323 e.